The van der Waals surface area contributed by atoms with Crippen molar-refractivity contribution in [1.82, 2.24) is 9.55 Å². The van der Waals surface area contributed by atoms with Gasteiger partial charge >= 0.3 is 5.97 Å². The van der Waals surface area contributed by atoms with Crippen molar-refractivity contribution in [3.8, 4) is 5.75 Å². The molecule has 0 aliphatic heterocycles. The van der Waals surface area contributed by atoms with E-state index in [1.807, 2.05) is 4.57 Å². The Morgan fingerprint density at radius 1 is 1.23 bits per heavy atom. The molecule has 0 saturated carbocycles. The molecule has 0 spiro atoms. The summed E-state index contributed by atoms with van der Waals surface area (Å²) in [6.45, 7) is 0.403. The first-order chi connectivity index (χ1) is 10.5. The Morgan fingerprint density at radius 3 is 2.68 bits per heavy atom. The summed E-state index contributed by atoms with van der Waals surface area (Å²) in [4.78, 5) is 15.1. The largest absolute Gasteiger partial charge is 0.507 e. The van der Waals surface area contributed by atoms with Crippen LogP contribution in [0.4, 0.5) is 0 Å². The maximum atomic E-state index is 10.9. The van der Waals surface area contributed by atoms with E-state index in [0.717, 1.165) is 11.1 Å². The number of nitrogens with zero attached hydrogens (tertiary/aromatic N) is 2. The minimum atomic E-state index is -1.17. The Kier molecular flexibility index (Phi) is 3.68. The second-order valence-corrected chi connectivity index (χ2v) is 5.63. The second kappa shape index (κ2) is 5.51. The summed E-state index contributed by atoms with van der Waals surface area (Å²) in [5.74, 6) is -1.44. The zero-order chi connectivity index (χ0) is 15.9. The minimum Gasteiger partial charge on any atom is -0.507 e. The molecule has 2 aromatic carbocycles. The maximum Gasteiger partial charge on any atom is 0.339 e. The number of fused-ring (bicyclic) bond motifs is 1. The van der Waals surface area contributed by atoms with Crippen molar-refractivity contribution in [2.75, 3.05) is 0 Å². The van der Waals surface area contributed by atoms with Gasteiger partial charge in [-0.25, -0.2) is 9.78 Å². The van der Waals surface area contributed by atoms with Crippen molar-refractivity contribution in [3.05, 3.63) is 57.8 Å². The lowest BCUT2D eigenvalue weighted by molar-refractivity contribution is 0.0693. The molecule has 0 aliphatic carbocycles. The topological polar surface area (TPSA) is 75.3 Å². The summed E-state index contributed by atoms with van der Waals surface area (Å²) < 4.78 is 1.82. The van der Waals surface area contributed by atoms with Crippen LogP contribution in [0, 0.1) is 0 Å². The first-order valence-corrected chi connectivity index (χ1v) is 7.06. The molecule has 0 atom stereocenters. The van der Waals surface area contributed by atoms with Crippen LogP contribution in [0.25, 0.3) is 11.0 Å². The van der Waals surface area contributed by atoms with Crippen molar-refractivity contribution in [2.24, 2.45) is 0 Å². The molecule has 112 valence electrons. The molecule has 0 saturated heterocycles. The van der Waals surface area contributed by atoms with E-state index in [1.165, 1.54) is 12.1 Å². The lowest BCUT2D eigenvalue weighted by Gasteiger charge is -2.07. The van der Waals surface area contributed by atoms with Crippen LogP contribution in [0.15, 0.2) is 36.7 Å². The van der Waals surface area contributed by atoms with Crippen LogP contribution in [0.2, 0.25) is 10.0 Å². The van der Waals surface area contributed by atoms with Crippen LogP contribution < -0.4 is 0 Å². The van der Waals surface area contributed by atoms with Gasteiger partial charge in [0.2, 0.25) is 0 Å². The Bertz CT molecular complexity index is 890. The number of halogens is 2. The highest BCUT2D eigenvalue weighted by atomic mass is 35.5. The molecule has 3 aromatic rings. The van der Waals surface area contributed by atoms with Crippen molar-refractivity contribution in [1.29, 1.82) is 0 Å². The summed E-state index contributed by atoms with van der Waals surface area (Å²) in [6, 6.07) is 7.80. The van der Waals surface area contributed by atoms with Gasteiger partial charge in [-0.15, -0.1) is 0 Å². The van der Waals surface area contributed by atoms with Crippen molar-refractivity contribution in [2.45, 2.75) is 6.54 Å². The molecule has 2 N–H and O–H groups in total. The van der Waals surface area contributed by atoms with Crippen LogP contribution in [-0.2, 0) is 6.54 Å². The third-order valence-corrected chi connectivity index (χ3v) is 3.80. The number of hydrogen-bond donors (Lipinski definition) is 2. The zero-order valence-electron chi connectivity index (χ0n) is 11.1. The maximum absolute atomic E-state index is 10.9. The average molecular weight is 337 g/mol. The number of aromatic nitrogens is 2. The molecule has 1 heterocycles. The van der Waals surface area contributed by atoms with Crippen LogP contribution in [0.5, 0.6) is 5.75 Å². The van der Waals surface area contributed by atoms with Gasteiger partial charge < -0.3 is 14.8 Å². The molecule has 1 aromatic heterocycles. The van der Waals surface area contributed by atoms with E-state index in [0.29, 0.717) is 22.1 Å². The molecular weight excluding hydrogens is 327 g/mol. The fourth-order valence-corrected chi connectivity index (χ4v) is 2.80. The van der Waals surface area contributed by atoms with Crippen LogP contribution in [0.3, 0.4) is 0 Å². The summed E-state index contributed by atoms with van der Waals surface area (Å²) in [5, 5.41) is 19.6. The zero-order valence-corrected chi connectivity index (χ0v) is 12.6. The van der Waals surface area contributed by atoms with Gasteiger partial charge in [0.05, 0.1) is 16.9 Å². The first-order valence-electron chi connectivity index (χ1n) is 6.31. The Morgan fingerprint density at radius 2 is 2.00 bits per heavy atom. The molecule has 5 nitrogen and oxygen atoms in total. The SMILES string of the molecule is O=C(O)c1ccc(Cn2cnc3c(Cl)cc(Cl)cc32)cc1O. The fraction of sp³-hybridized carbons (Fsp3) is 0.0667. The number of carbonyl (C=O) groups is 1. The molecule has 7 heteroatoms. The van der Waals surface area contributed by atoms with Gasteiger partial charge in [0, 0.05) is 11.6 Å². The van der Waals surface area contributed by atoms with Crippen LogP contribution in [0.1, 0.15) is 15.9 Å². The minimum absolute atomic E-state index is 0.134. The number of aromatic hydroxyl groups is 1. The van der Waals surface area contributed by atoms with Gasteiger partial charge in [0.25, 0.3) is 0 Å². The van der Waals surface area contributed by atoms with Crippen molar-refractivity contribution < 1.29 is 15.0 Å². The van der Waals surface area contributed by atoms with E-state index >= 15 is 0 Å². The fourth-order valence-electron chi connectivity index (χ4n) is 2.27. The summed E-state index contributed by atoms with van der Waals surface area (Å²) >= 11 is 12.1. The quantitative estimate of drug-likeness (QED) is 0.762. The van der Waals surface area contributed by atoms with Crippen LogP contribution in [-0.4, -0.2) is 25.7 Å². The molecule has 0 bridgehead atoms. The number of rotatable bonds is 3. The standard InChI is InChI=1S/C15H10Cl2N2O3/c16-9-4-11(17)14-12(5-9)19(7-18-14)6-8-1-2-10(15(21)22)13(20)3-8/h1-5,7,20H,6H2,(H,21,22). The summed E-state index contributed by atoms with van der Waals surface area (Å²) in [7, 11) is 0. The highest BCUT2D eigenvalue weighted by Crippen LogP contribution is 2.28. The number of carboxylic acids is 1. The summed E-state index contributed by atoms with van der Waals surface area (Å²) in [5.41, 5.74) is 2.00. The van der Waals surface area contributed by atoms with E-state index in [9.17, 15) is 9.90 Å². The molecular formula is C15H10Cl2N2O3. The van der Waals surface area contributed by atoms with E-state index in [2.05, 4.69) is 4.98 Å². The molecule has 0 radical (unpaired) electrons. The van der Waals surface area contributed by atoms with Gasteiger partial charge in [-0.1, -0.05) is 29.3 Å². The van der Waals surface area contributed by atoms with Gasteiger partial charge in [-0.3, -0.25) is 0 Å². The molecule has 22 heavy (non-hydrogen) atoms. The van der Waals surface area contributed by atoms with Gasteiger partial charge in [0.1, 0.15) is 16.8 Å². The van der Waals surface area contributed by atoms with Crippen LogP contribution >= 0.6 is 23.2 Å². The van der Waals surface area contributed by atoms with Crippen molar-refractivity contribution in [3.63, 3.8) is 0 Å². The normalized spacial score (nSPS) is 11.0. The first kappa shape index (κ1) is 14.7. The number of aromatic carboxylic acids is 1. The number of imidazole rings is 1. The molecule has 0 aliphatic rings. The molecule has 3 rings (SSSR count). The van der Waals surface area contributed by atoms with E-state index in [-0.39, 0.29) is 11.3 Å². The van der Waals surface area contributed by atoms with Crippen molar-refractivity contribution >= 4 is 40.2 Å². The number of phenols is 1. The second-order valence-electron chi connectivity index (χ2n) is 4.78. The number of carboxylic acid groups (broad SMARTS) is 1. The predicted molar refractivity (Wildman–Crippen MR) is 83.9 cm³/mol. The molecule has 0 fully saturated rings. The highest BCUT2D eigenvalue weighted by molar-refractivity contribution is 6.38. The third kappa shape index (κ3) is 2.61. The monoisotopic (exact) mass is 336 g/mol. The number of hydrogen-bond acceptors (Lipinski definition) is 3. The molecule has 0 amide bonds. The lowest BCUT2D eigenvalue weighted by atomic mass is 10.1. The Labute approximate surface area is 135 Å². The third-order valence-electron chi connectivity index (χ3n) is 3.29. The predicted octanol–water partition coefficient (Wildman–Crippen LogP) is 3.80. The number of benzene rings is 2. The van der Waals surface area contributed by atoms with Gasteiger partial charge in [-0.2, -0.15) is 0 Å². The lowest BCUT2D eigenvalue weighted by Crippen LogP contribution is -2.01. The Hall–Kier alpha value is -2.24. The Balaban J connectivity index is 2.00. The average Bonchev–Trinajstić information content (AvgIpc) is 2.82. The van der Waals surface area contributed by atoms with E-state index in [1.54, 1.807) is 24.5 Å². The summed E-state index contributed by atoms with van der Waals surface area (Å²) in [6.07, 6.45) is 1.62. The van der Waals surface area contributed by atoms with Gasteiger partial charge in [-0.05, 0) is 29.8 Å². The smallest absolute Gasteiger partial charge is 0.339 e. The van der Waals surface area contributed by atoms with E-state index < -0.39 is 5.97 Å². The highest BCUT2D eigenvalue weighted by Gasteiger charge is 2.12. The molecule has 0 unspecified atom stereocenters. The van der Waals surface area contributed by atoms with E-state index in [4.69, 9.17) is 28.3 Å². The van der Waals surface area contributed by atoms with Gasteiger partial charge in [0.15, 0.2) is 0 Å².